The maximum Gasteiger partial charge on any atom is 0.241 e. The predicted octanol–water partition coefficient (Wildman–Crippen LogP) is -1.20. The molecule has 1 atom stereocenters. The van der Waals surface area contributed by atoms with Crippen LogP contribution in [-0.2, 0) is 17.9 Å². The quantitative estimate of drug-likeness (QED) is 0.687. The summed E-state index contributed by atoms with van der Waals surface area (Å²) >= 11 is 0. The monoisotopic (exact) mass is 252 g/mol. The lowest BCUT2D eigenvalue weighted by Gasteiger charge is -2.11. The van der Waals surface area contributed by atoms with Crippen LogP contribution >= 0.6 is 0 Å². The Labute approximate surface area is 106 Å². The molecule has 1 saturated heterocycles. The number of nitrogens with one attached hydrogen (secondary N) is 1. The molecule has 1 unspecified atom stereocenters. The molecular formula is C11H20N6O. The minimum absolute atomic E-state index is 0.0296. The molecule has 1 fully saturated rings. The molecule has 3 N–H and O–H groups in total. The molecule has 0 radical (unpaired) electrons. The Hall–Kier alpha value is -1.47. The summed E-state index contributed by atoms with van der Waals surface area (Å²) < 4.78 is 1.51. The number of nitrogens with zero attached hydrogens (tertiary/aromatic N) is 4. The first-order valence-corrected chi connectivity index (χ1v) is 6.21. The minimum atomic E-state index is -0.0296. The zero-order chi connectivity index (χ0) is 13.0. The molecule has 0 aromatic carbocycles. The Morgan fingerprint density at radius 1 is 1.67 bits per heavy atom. The molecular weight excluding hydrogens is 232 g/mol. The maximum atomic E-state index is 11.7. The zero-order valence-corrected chi connectivity index (χ0v) is 10.7. The van der Waals surface area contributed by atoms with Crippen molar-refractivity contribution in [3.8, 4) is 0 Å². The first-order chi connectivity index (χ1) is 8.67. The van der Waals surface area contributed by atoms with E-state index in [0.717, 1.165) is 26.1 Å². The molecule has 18 heavy (non-hydrogen) atoms. The van der Waals surface area contributed by atoms with Crippen molar-refractivity contribution in [2.24, 2.45) is 11.7 Å². The van der Waals surface area contributed by atoms with Crippen LogP contribution in [0.25, 0.3) is 0 Å². The van der Waals surface area contributed by atoms with Crippen LogP contribution in [0.5, 0.6) is 0 Å². The summed E-state index contributed by atoms with van der Waals surface area (Å²) in [5.74, 6) is 0.535. The van der Waals surface area contributed by atoms with E-state index in [-0.39, 0.29) is 12.5 Å². The fourth-order valence-corrected chi connectivity index (χ4v) is 2.16. The summed E-state index contributed by atoms with van der Waals surface area (Å²) in [6.07, 6.45) is 2.85. The van der Waals surface area contributed by atoms with Gasteiger partial charge >= 0.3 is 0 Å². The number of amides is 1. The molecule has 1 aliphatic heterocycles. The third kappa shape index (κ3) is 3.51. The fourth-order valence-electron chi connectivity index (χ4n) is 2.16. The third-order valence-electron chi connectivity index (χ3n) is 3.18. The smallest absolute Gasteiger partial charge is 0.241 e. The highest BCUT2D eigenvalue weighted by Gasteiger charge is 2.19. The Bertz CT molecular complexity index is 404. The molecule has 100 valence electrons. The van der Waals surface area contributed by atoms with E-state index in [4.69, 9.17) is 5.73 Å². The average Bonchev–Trinajstić information content (AvgIpc) is 2.95. The number of hydrogen-bond acceptors (Lipinski definition) is 5. The Kier molecular flexibility index (Phi) is 4.27. The van der Waals surface area contributed by atoms with E-state index in [9.17, 15) is 4.79 Å². The van der Waals surface area contributed by atoms with Gasteiger partial charge in [0.2, 0.25) is 5.91 Å². The van der Waals surface area contributed by atoms with Crippen LogP contribution in [-0.4, -0.2) is 52.5 Å². The van der Waals surface area contributed by atoms with Crippen LogP contribution in [0.3, 0.4) is 0 Å². The Morgan fingerprint density at radius 3 is 3.11 bits per heavy atom. The molecule has 7 nitrogen and oxygen atoms in total. The van der Waals surface area contributed by atoms with Crippen molar-refractivity contribution in [2.45, 2.75) is 19.5 Å². The van der Waals surface area contributed by atoms with Gasteiger partial charge in [0.15, 0.2) is 0 Å². The van der Waals surface area contributed by atoms with Crippen LogP contribution < -0.4 is 11.1 Å². The van der Waals surface area contributed by atoms with Crippen molar-refractivity contribution in [3.05, 3.63) is 11.9 Å². The summed E-state index contributed by atoms with van der Waals surface area (Å²) in [5, 5.41) is 10.6. The van der Waals surface area contributed by atoms with Crippen molar-refractivity contribution >= 4 is 5.91 Å². The van der Waals surface area contributed by atoms with Crippen LogP contribution in [0.1, 0.15) is 12.1 Å². The van der Waals surface area contributed by atoms with Gasteiger partial charge in [-0.2, -0.15) is 0 Å². The summed E-state index contributed by atoms with van der Waals surface area (Å²) in [7, 11) is 2.10. The largest absolute Gasteiger partial charge is 0.354 e. The van der Waals surface area contributed by atoms with Crippen molar-refractivity contribution in [3.63, 3.8) is 0 Å². The molecule has 0 aliphatic carbocycles. The third-order valence-corrected chi connectivity index (χ3v) is 3.18. The second kappa shape index (κ2) is 5.92. The van der Waals surface area contributed by atoms with E-state index in [2.05, 4.69) is 27.6 Å². The lowest BCUT2D eigenvalue weighted by atomic mass is 10.1. The van der Waals surface area contributed by atoms with Gasteiger partial charge in [0.25, 0.3) is 0 Å². The Morgan fingerprint density at radius 2 is 2.50 bits per heavy atom. The number of hydrogen-bond donors (Lipinski definition) is 2. The molecule has 0 saturated carbocycles. The number of nitrogens with two attached hydrogens (primary N) is 1. The summed E-state index contributed by atoms with van der Waals surface area (Å²) in [6, 6.07) is 0. The number of carbonyl (C=O) groups excluding carboxylic acids is 1. The molecule has 0 bridgehead atoms. The molecule has 1 aromatic rings. The SMILES string of the molecule is CN1CCC(CNC(=O)Cn2cc(CN)nn2)C1. The van der Waals surface area contributed by atoms with Gasteiger partial charge in [-0.1, -0.05) is 5.21 Å². The standard InChI is InChI=1S/C11H20N6O/c1-16-3-2-9(6-16)5-13-11(18)8-17-7-10(4-12)14-15-17/h7,9H,2-6,8,12H2,1H3,(H,13,18). The average molecular weight is 252 g/mol. The molecule has 2 rings (SSSR count). The Balaban J connectivity index is 1.71. The van der Waals surface area contributed by atoms with E-state index in [0.29, 0.717) is 18.2 Å². The van der Waals surface area contributed by atoms with Crippen LogP contribution in [0.2, 0.25) is 0 Å². The van der Waals surface area contributed by atoms with Gasteiger partial charge in [-0.15, -0.1) is 5.10 Å². The molecule has 1 amide bonds. The first kappa shape index (κ1) is 13.0. The minimum Gasteiger partial charge on any atom is -0.354 e. The second-order valence-corrected chi connectivity index (χ2v) is 4.83. The van der Waals surface area contributed by atoms with E-state index in [1.165, 1.54) is 4.68 Å². The highest BCUT2D eigenvalue weighted by Crippen LogP contribution is 2.12. The van der Waals surface area contributed by atoms with Gasteiger partial charge in [0, 0.05) is 19.6 Å². The van der Waals surface area contributed by atoms with Crippen LogP contribution in [0.15, 0.2) is 6.20 Å². The predicted molar refractivity (Wildman–Crippen MR) is 66.5 cm³/mol. The number of rotatable bonds is 5. The normalized spacial score (nSPS) is 20.2. The number of aromatic nitrogens is 3. The fraction of sp³-hybridized carbons (Fsp3) is 0.727. The van der Waals surface area contributed by atoms with Gasteiger partial charge in [0.1, 0.15) is 6.54 Å². The van der Waals surface area contributed by atoms with Crippen molar-refractivity contribution < 1.29 is 4.79 Å². The van der Waals surface area contributed by atoms with E-state index in [1.54, 1.807) is 6.20 Å². The first-order valence-electron chi connectivity index (χ1n) is 6.21. The van der Waals surface area contributed by atoms with Crippen LogP contribution in [0.4, 0.5) is 0 Å². The lowest BCUT2D eigenvalue weighted by molar-refractivity contribution is -0.122. The summed E-state index contributed by atoms with van der Waals surface area (Å²) in [6.45, 7) is 3.46. The topological polar surface area (TPSA) is 89.1 Å². The summed E-state index contributed by atoms with van der Waals surface area (Å²) in [4.78, 5) is 14.0. The molecule has 7 heteroatoms. The maximum absolute atomic E-state index is 11.7. The van der Waals surface area contributed by atoms with Crippen LogP contribution in [0, 0.1) is 5.92 Å². The van der Waals surface area contributed by atoms with Gasteiger partial charge < -0.3 is 16.0 Å². The van der Waals surface area contributed by atoms with Gasteiger partial charge in [-0.25, -0.2) is 4.68 Å². The van der Waals surface area contributed by atoms with E-state index < -0.39 is 0 Å². The summed E-state index contributed by atoms with van der Waals surface area (Å²) in [5.41, 5.74) is 6.12. The van der Waals surface area contributed by atoms with Gasteiger partial charge in [-0.05, 0) is 25.9 Å². The van der Waals surface area contributed by atoms with Gasteiger partial charge in [0.05, 0.1) is 11.9 Å². The highest BCUT2D eigenvalue weighted by molar-refractivity contribution is 5.75. The molecule has 1 aromatic heterocycles. The molecule has 1 aliphatic rings. The van der Waals surface area contributed by atoms with Crippen molar-refractivity contribution in [1.29, 1.82) is 0 Å². The van der Waals surface area contributed by atoms with Crippen molar-refractivity contribution in [1.82, 2.24) is 25.2 Å². The number of likely N-dealkylation sites (tertiary alicyclic amines) is 1. The van der Waals surface area contributed by atoms with E-state index in [1.807, 2.05) is 0 Å². The zero-order valence-electron chi connectivity index (χ0n) is 10.7. The second-order valence-electron chi connectivity index (χ2n) is 4.83. The highest BCUT2D eigenvalue weighted by atomic mass is 16.2. The van der Waals surface area contributed by atoms with Gasteiger partial charge in [-0.3, -0.25) is 4.79 Å². The lowest BCUT2D eigenvalue weighted by Crippen LogP contribution is -2.33. The number of carbonyl (C=O) groups is 1. The molecule has 0 spiro atoms. The molecule has 2 heterocycles. The van der Waals surface area contributed by atoms with E-state index >= 15 is 0 Å². The van der Waals surface area contributed by atoms with Crippen molar-refractivity contribution in [2.75, 3.05) is 26.7 Å².